The van der Waals surface area contributed by atoms with E-state index in [1.54, 1.807) is 24.3 Å². The third-order valence-corrected chi connectivity index (χ3v) is 6.57. The van der Waals surface area contributed by atoms with Crippen LogP contribution < -0.4 is 14.8 Å². The van der Waals surface area contributed by atoms with Gasteiger partial charge in [0.1, 0.15) is 6.54 Å². The number of pyridine rings is 1. The third-order valence-electron chi connectivity index (χ3n) is 4.94. The van der Waals surface area contributed by atoms with Gasteiger partial charge in [-0.1, -0.05) is 6.07 Å². The van der Waals surface area contributed by atoms with Crippen LogP contribution in [0.1, 0.15) is 5.56 Å². The maximum atomic E-state index is 12.8. The first-order chi connectivity index (χ1) is 17.7. The maximum absolute atomic E-state index is 12.8. The first kappa shape index (κ1) is 26.1. The van der Waals surface area contributed by atoms with Crippen LogP contribution >= 0.6 is 34.4 Å². The van der Waals surface area contributed by atoms with Crippen molar-refractivity contribution in [3.8, 4) is 17.4 Å². The number of anilines is 1. The lowest BCUT2D eigenvalue weighted by atomic mass is 10.2. The molecule has 3 aromatic rings. The Labute approximate surface area is 228 Å². The summed E-state index contributed by atoms with van der Waals surface area (Å²) in [6.07, 6.45) is 2.84. The molecule has 4 rings (SSSR count). The summed E-state index contributed by atoms with van der Waals surface area (Å²) in [4.78, 5) is 53.1. The lowest BCUT2D eigenvalue weighted by molar-refractivity contribution is -0.386. The highest BCUT2D eigenvalue weighted by molar-refractivity contribution is 14.1. The van der Waals surface area contributed by atoms with Crippen LogP contribution in [0.15, 0.2) is 65.7 Å². The van der Waals surface area contributed by atoms with Crippen molar-refractivity contribution in [2.75, 3.05) is 19.0 Å². The number of aromatic nitrogens is 1. The number of rotatable bonds is 8. The average molecular weight is 632 g/mol. The van der Waals surface area contributed by atoms with Crippen molar-refractivity contribution in [3.05, 3.63) is 84.9 Å². The predicted octanol–water partition coefficient (Wildman–Crippen LogP) is 5.07. The minimum Gasteiger partial charge on any atom is -0.493 e. The zero-order chi connectivity index (χ0) is 26.5. The van der Waals surface area contributed by atoms with Gasteiger partial charge in [0.15, 0.2) is 11.5 Å². The number of halogens is 1. The van der Waals surface area contributed by atoms with Gasteiger partial charge >= 0.3 is 5.69 Å². The highest BCUT2D eigenvalue weighted by Crippen LogP contribution is 2.37. The van der Waals surface area contributed by atoms with Crippen molar-refractivity contribution in [1.82, 2.24) is 9.88 Å². The van der Waals surface area contributed by atoms with E-state index in [-0.39, 0.29) is 28.0 Å². The zero-order valence-corrected chi connectivity index (χ0v) is 22.0. The number of hydrogen-bond donors (Lipinski definition) is 1. The van der Waals surface area contributed by atoms with Crippen LogP contribution in [0.2, 0.25) is 0 Å². The van der Waals surface area contributed by atoms with Gasteiger partial charge in [0, 0.05) is 21.5 Å². The molecule has 0 spiro atoms. The Morgan fingerprint density at radius 1 is 1.19 bits per heavy atom. The molecule has 0 saturated carbocycles. The molecule has 188 valence electrons. The number of imide groups is 1. The van der Waals surface area contributed by atoms with E-state index in [4.69, 9.17) is 9.47 Å². The first-order valence-corrected chi connectivity index (χ1v) is 12.4. The Hall–Kier alpha value is -3.98. The number of thioether (sulfide) groups is 1. The maximum Gasteiger partial charge on any atom is 0.331 e. The number of ether oxygens (including phenoxy) is 2. The third kappa shape index (κ3) is 6.24. The normalized spacial score (nSPS) is 14.1. The SMILES string of the molecule is COc1cc(/C=C2\SC(=O)N(CC(=O)Nc3ccc(I)cc3)C2=O)ccc1Oc1ncccc1[N+](=O)[O-]. The fourth-order valence-corrected chi connectivity index (χ4v) is 4.43. The first-order valence-electron chi connectivity index (χ1n) is 10.5. The second kappa shape index (κ2) is 11.4. The van der Waals surface area contributed by atoms with Crippen molar-refractivity contribution >= 4 is 68.9 Å². The summed E-state index contributed by atoms with van der Waals surface area (Å²) in [6.45, 7) is -0.424. The lowest BCUT2D eigenvalue weighted by Crippen LogP contribution is -2.36. The molecule has 0 radical (unpaired) electrons. The molecule has 2 heterocycles. The fraction of sp³-hybridized carbons (Fsp3) is 0.0833. The standard InChI is InChI=1S/C24H17IN4O7S/c1-35-19-11-14(4-9-18(19)36-22-17(29(33)34)3-2-10-26-22)12-20-23(31)28(24(32)37-20)13-21(30)27-16-7-5-15(25)6-8-16/h2-12H,13H2,1H3,(H,27,30)/b20-12-. The molecule has 1 saturated heterocycles. The highest BCUT2D eigenvalue weighted by atomic mass is 127. The predicted molar refractivity (Wildman–Crippen MR) is 144 cm³/mol. The fourth-order valence-electron chi connectivity index (χ4n) is 3.23. The number of nitrogens with zero attached hydrogens (tertiary/aromatic N) is 3. The molecule has 11 nitrogen and oxygen atoms in total. The Morgan fingerprint density at radius 3 is 2.65 bits per heavy atom. The lowest BCUT2D eigenvalue weighted by Gasteiger charge is -2.12. The average Bonchev–Trinajstić information content (AvgIpc) is 3.13. The number of carbonyl (C=O) groups excluding carboxylic acids is 3. The van der Waals surface area contributed by atoms with Crippen LogP contribution in [0.25, 0.3) is 6.08 Å². The van der Waals surface area contributed by atoms with Crippen LogP contribution in [0.3, 0.4) is 0 Å². The van der Waals surface area contributed by atoms with E-state index in [0.717, 1.165) is 8.47 Å². The van der Waals surface area contributed by atoms with E-state index >= 15 is 0 Å². The second-order valence-electron chi connectivity index (χ2n) is 7.42. The molecule has 1 fully saturated rings. The molecule has 1 aliphatic rings. The van der Waals surface area contributed by atoms with Crippen LogP contribution in [0, 0.1) is 13.7 Å². The number of benzene rings is 2. The topological polar surface area (TPSA) is 141 Å². The van der Waals surface area contributed by atoms with Crippen molar-refractivity contribution < 1.29 is 28.8 Å². The smallest absolute Gasteiger partial charge is 0.331 e. The van der Waals surface area contributed by atoms with E-state index in [0.29, 0.717) is 23.0 Å². The van der Waals surface area contributed by atoms with Gasteiger partial charge in [-0.15, -0.1) is 0 Å². The van der Waals surface area contributed by atoms with Gasteiger partial charge in [-0.05, 0) is 88.5 Å². The van der Waals surface area contributed by atoms with Crippen molar-refractivity contribution in [1.29, 1.82) is 0 Å². The van der Waals surface area contributed by atoms with Crippen LogP contribution in [-0.4, -0.2) is 45.5 Å². The summed E-state index contributed by atoms with van der Waals surface area (Å²) in [7, 11) is 1.39. The number of methoxy groups -OCH3 is 1. The van der Waals surface area contributed by atoms with E-state index in [9.17, 15) is 24.5 Å². The zero-order valence-electron chi connectivity index (χ0n) is 19.0. The molecule has 3 amide bonds. The van der Waals surface area contributed by atoms with Gasteiger partial charge in [-0.25, -0.2) is 4.98 Å². The summed E-state index contributed by atoms with van der Waals surface area (Å²) in [5.74, 6) is -0.914. The molecule has 0 atom stereocenters. The molecule has 2 aromatic carbocycles. The van der Waals surface area contributed by atoms with Crippen LogP contribution in [0.5, 0.6) is 17.4 Å². The monoisotopic (exact) mass is 632 g/mol. The minimum absolute atomic E-state index is 0.128. The molecule has 13 heteroatoms. The summed E-state index contributed by atoms with van der Waals surface area (Å²) >= 11 is 2.85. The van der Waals surface area contributed by atoms with Crippen LogP contribution in [0.4, 0.5) is 16.2 Å². The number of nitrogens with one attached hydrogen (secondary N) is 1. The second-order valence-corrected chi connectivity index (χ2v) is 9.66. The number of hydrogen-bond acceptors (Lipinski definition) is 9. The molecule has 0 aliphatic carbocycles. The van der Waals surface area contributed by atoms with Crippen molar-refractivity contribution in [2.24, 2.45) is 0 Å². The Balaban J connectivity index is 1.48. The molecule has 1 N–H and O–H groups in total. The molecule has 37 heavy (non-hydrogen) atoms. The molecule has 1 aliphatic heterocycles. The molecular formula is C24H17IN4O7S. The highest BCUT2D eigenvalue weighted by Gasteiger charge is 2.36. The van der Waals surface area contributed by atoms with Crippen LogP contribution in [-0.2, 0) is 9.59 Å². The Kier molecular flexibility index (Phi) is 8.03. The Morgan fingerprint density at radius 2 is 1.95 bits per heavy atom. The molecular weight excluding hydrogens is 615 g/mol. The summed E-state index contributed by atoms with van der Waals surface area (Å²) < 4.78 is 11.9. The van der Waals surface area contributed by atoms with E-state index < -0.39 is 28.5 Å². The summed E-state index contributed by atoms with van der Waals surface area (Å²) in [5, 5.41) is 13.3. The number of carbonyl (C=O) groups is 3. The molecule has 0 unspecified atom stereocenters. The van der Waals surface area contributed by atoms with Crippen molar-refractivity contribution in [3.63, 3.8) is 0 Å². The number of amides is 3. The quantitative estimate of drug-likeness (QED) is 0.156. The van der Waals surface area contributed by atoms with Gasteiger partial charge in [-0.3, -0.25) is 29.4 Å². The molecule has 1 aromatic heterocycles. The Bertz CT molecular complexity index is 1430. The molecule has 0 bridgehead atoms. The van der Waals surface area contributed by atoms with E-state index in [1.165, 1.54) is 37.6 Å². The largest absolute Gasteiger partial charge is 0.493 e. The van der Waals surface area contributed by atoms with Gasteiger partial charge in [0.05, 0.1) is 16.9 Å². The summed E-state index contributed by atoms with van der Waals surface area (Å²) in [5.41, 5.74) is 0.750. The summed E-state index contributed by atoms with van der Waals surface area (Å²) in [6, 6.07) is 14.4. The van der Waals surface area contributed by atoms with Gasteiger partial charge in [0.2, 0.25) is 5.91 Å². The van der Waals surface area contributed by atoms with Crippen molar-refractivity contribution in [2.45, 2.75) is 0 Å². The number of nitro groups is 1. The van der Waals surface area contributed by atoms with E-state index in [1.807, 2.05) is 12.1 Å². The van der Waals surface area contributed by atoms with E-state index in [2.05, 4.69) is 32.9 Å². The van der Waals surface area contributed by atoms with Gasteiger partial charge < -0.3 is 14.8 Å². The minimum atomic E-state index is -0.611. The van der Waals surface area contributed by atoms with Gasteiger partial charge in [-0.2, -0.15) is 0 Å². The van der Waals surface area contributed by atoms with Gasteiger partial charge in [0.25, 0.3) is 17.0 Å².